The number of carbonyl (C=O) groups excluding carboxylic acids is 4. The number of ether oxygens (including phenoxy) is 2. The third kappa shape index (κ3) is 4.26. The first-order valence-electron chi connectivity index (χ1n) is 10.9. The van der Waals surface area contributed by atoms with E-state index >= 15 is 0 Å². The molecule has 3 amide bonds. The molecule has 2 aromatic rings. The number of anilines is 2. The second kappa shape index (κ2) is 9.42. The number of piperidine rings is 1. The Bertz CT molecular complexity index is 1080. The first-order valence-corrected chi connectivity index (χ1v) is 10.9. The Kier molecular flexibility index (Phi) is 6.40. The third-order valence-electron chi connectivity index (χ3n) is 6.31. The molecule has 0 atom stereocenters. The highest BCUT2D eigenvalue weighted by molar-refractivity contribution is 5.99. The van der Waals surface area contributed by atoms with Crippen LogP contribution < -0.4 is 15.5 Å². The van der Waals surface area contributed by atoms with Crippen molar-refractivity contribution in [1.29, 1.82) is 0 Å². The molecule has 2 saturated heterocycles. The topological polar surface area (TPSA) is 117 Å². The molecule has 0 aromatic heterocycles. The normalized spacial score (nSPS) is 16.7. The SMILES string of the molecule is COC(=O)c1cc(NC(=O)N2CCC3(CC2)C(=O)NCN3c2ccccc2)cc(C(=O)OC)c1. The van der Waals surface area contributed by atoms with Crippen LogP contribution in [0.2, 0.25) is 0 Å². The molecule has 0 unspecified atom stereocenters. The quantitative estimate of drug-likeness (QED) is 0.664. The number of para-hydroxylation sites is 1. The predicted octanol–water partition coefficient (Wildman–Crippen LogP) is 2.22. The summed E-state index contributed by atoms with van der Waals surface area (Å²) in [6.45, 7) is 1.15. The highest BCUT2D eigenvalue weighted by atomic mass is 16.5. The van der Waals surface area contributed by atoms with Gasteiger partial charge in [-0.2, -0.15) is 0 Å². The van der Waals surface area contributed by atoms with Crippen LogP contribution in [0.5, 0.6) is 0 Å². The number of benzene rings is 2. The number of carbonyl (C=O) groups is 4. The molecule has 1 spiro atoms. The summed E-state index contributed by atoms with van der Waals surface area (Å²) in [5.41, 5.74) is 0.728. The van der Waals surface area contributed by atoms with Gasteiger partial charge >= 0.3 is 18.0 Å². The van der Waals surface area contributed by atoms with Crippen molar-refractivity contribution >= 4 is 35.3 Å². The summed E-state index contributed by atoms with van der Waals surface area (Å²) < 4.78 is 9.47. The lowest BCUT2D eigenvalue weighted by atomic mass is 9.85. The molecule has 2 heterocycles. The van der Waals surface area contributed by atoms with Crippen LogP contribution in [0.25, 0.3) is 0 Å². The van der Waals surface area contributed by atoms with E-state index in [0.717, 1.165) is 5.69 Å². The van der Waals surface area contributed by atoms with E-state index in [1.165, 1.54) is 32.4 Å². The second-order valence-electron chi connectivity index (χ2n) is 8.16. The fraction of sp³-hybridized carbons (Fsp3) is 0.333. The minimum atomic E-state index is -0.707. The molecule has 2 aromatic carbocycles. The molecule has 2 N–H and O–H groups in total. The molecule has 2 fully saturated rings. The van der Waals surface area contributed by atoms with Gasteiger partial charge in [-0.15, -0.1) is 0 Å². The van der Waals surface area contributed by atoms with E-state index in [2.05, 4.69) is 15.5 Å². The van der Waals surface area contributed by atoms with Crippen LogP contribution in [0, 0.1) is 0 Å². The number of methoxy groups -OCH3 is 2. The maximum atomic E-state index is 13.0. The first kappa shape index (κ1) is 23.1. The van der Waals surface area contributed by atoms with Crippen LogP contribution in [-0.4, -0.2) is 68.3 Å². The van der Waals surface area contributed by atoms with Gasteiger partial charge in [0.2, 0.25) is 5.91 Å². The molecule has 0 radical (unpaired) electrons. The van der Waals surface area contributed by atoms with Crippen molar-refractivity contribution in [2.75, 3.05) is 44.2 Å². The molecule has 0 bridgehead atoms. The Morgan fingerprint density at radius 2 is 1.53 bits per heavy atom. The van der Waals surface area contributed by atoms with E-state index < -0.39 is 23.5 Å². The zero-order valence-corrected chi connectivity index (χ0v) is 19.0. The standard InChI is InChI=1S/C24H26N4O6/c1-33-20(29)16-12-17(21(30)34-2)14-18(13-16)26-23(32)27-10-8-24(9-11-27)22(31)25-15-28(24)19-6-4-3-5-7-19/h3-7,12-14H,8-11,15H2,1-2H3,(H,25,31)(H,26,32). The van der Waals surface area contributed by atoms with Crippen LogP contribution in [0.15, 0.2) is 48.5 Å². The van der Waals surface area contributed by atoms with Gasteiger partial charge in [-0.25, -0.2) is 14.4 Å². The van der Waals surface area contributed by atoms with Crippen molar-refractivity contribution in [3.8, 4) is 0 Å². The van der Waals surface area contributed by atoms with Crippen LogP contribution in [0.1, 0.15) is 33.6 Å². The van der Waals surface area contributed by atoms with Gasteiger partial charge in [0.25, 0.3) is 0 Å². The van der Waals surface area contributed by atoms with Gasteiger partial charge in [-0.1, -0.05) is 18.2 Å². The van der Waals surface area contributed by atoms with Gasteiger partial charge < -0.3 is 29.9 Å². The Morgan fingerprint density at radius 1 is 0.941 bits per heavy atom. The summed E-state index contributed by atoms with van der Waals surface area (Å²) in [5, 5.41) is 5.68. The number of rotatable bonds is 4. The number of likely N-dealkylation sites (tertiary alicyclic amines) is 1. The largest absolute Gasteiger partial charge is 0.465 e. The Morgan fingerprint density at radius 3 is 2.09 bits per heavy atom. The van der Waals surface area contributed by atoms with E-state index in [9.17, 15) is 19.2 Å². The minimum absolute atomic E-state index is 0.0371. The average molecular weight is 466 g/mol. The molecular weight excluding hydrogens is 440 g/mol. The van der Waals surface area contributed by atoms with Crippen molar-refractivity contribution in [2.24, 2.45) is 0 Å². The summed E-state index contributed by atoms with van der Waals surface area (Å²) in [7, 11) is 2.46. The molecule has 34 heavy (non-hydrogen) atoms. The summed E-state index contributed by atoms with van der Waals surface area (Å²) in [6, 6.07) is 13.5. The fourth-order valence-electron chi connectivity index (χ4n) is 4.49. The van der Waals surface area contributed by atoms with Crippen molar-refractivity contribution in [1.82, 2.24) is 10.2 Å². The Labute approximate surface area is 196 Å². The predicted molar refractivity (Wildman–Crippen MR) is 124 cm³/mol. The number of nitrogens with one attached hydrogen (secondary N) is 2. The van der Waals surface area contributed by atoms with E-state index in [0.29, 0.717) is 32.6 Å². The summed E-state index contributed by atoms with van der Waals surface area (Å²) in [4.78, 5) is 53.4. The molecule has 0 saturated carbocycles. The fourth-order valence-corrected chi connectivity index (χ4v) is 4.49. The molecular formula is C24H26N4O6. The van der Waals surface area contributed by atoms with E-state index in [1.54, 1.807) is 4.90 Å². The molecule has 10 heteroatoms. The second-order valence-corrected chi connectivity index (χ2v) is 8.16. The number of nitrogens with zero attached hydrogens (tertiary/aromatic N) is 2. The Hall–Kier alpha value is -4.08. The zero-order valence-electron chi connectivity index (χ0n) is 19.0. The van der Waals surface area contributed by atoms with Gasteiger partial charge in [0, 0.05) is 24.5 Å². The van der Waals surface area contributed by atoms with Crippen molar-refractivity contribution in [3.05, 3.63) is 59.7 Å². The van der Waals surface area contributed by atoms with Gasteiger partial charge in [0.15, 0.2) is 0 Å². The molecule has 2 aliphatic heterocycles. The van der Waals surface area contributed by atoms with Crippen LogP contribution in [0.4, 0.5) is 16.2 Å². The summed E-state index contributed by atoms with van der Waals surface area (Å²) in [5.74, 6) is -1.33. The molecule has 4 rings (SSSR count). The molecule has 178 valence electrons. The highest BCUT2D eigenvalue weighted by Gasteiger charge is 2.50. The molecule has 0 aliphatic carbocycles. The highest BCUT2D eigenvalue weighted by Crippen LogP contribution is 2.36. The lowest BCUT2D eigenvalue weighted by Gasteiger charge is -2.43. The number of urea groups is 1. The minimum Gasteiger partial charge on any atom is -0.465 e. The van der Waals surface area contributed by atoms with Crippen molar-refractivity contribution < 1.29 is 28.7 Å². The number of hydrogen-bond donors (Lipinski definition) is 2. The van der Waals surface area contributed by atoms with E-state index in [4.69, 9.17) is 9.47 Å². The van der Waals surface area contributed by atoms with Crippen LogP contribution in [0.3, 0.4) is 0 Å². The Balaban J connectivity index is 1.48. The number of esters is 2. The average Bonchev–Trinajstić information content (AvgIpc) is 3.18. The van der Waals surface area contributed by atoms with Gasteiger partial charge in [-0.05, 0) is 43.2 Å². The van der Waals surface area contributed by atoms with E-state index in [1.807, 2.05) is 30.3 Å². The van der Waals surface area contributed by atoms with Gasteiger partial charge in [0.1, 0.15) is 5.54 Å². The molecule has 10 nitrogen and oxygen atoms in total. The third-order valence-corrected chi connectivity index (χ3v) is 6.31. The first-order chi connectivity index (χ1) is 16.4. The lowest BCUT2D eigenvalue weighted by molar-refractivity contribution is -0.124. The monoisotopic (exact) mass is 466 g/mol. The zero-order chi connectivity index (χ0) is 24.3. The van der Waals surface area contributed by atoms with Gasteiger partial charge in [-0.3, -0.25) is 4.79 Å². The smallest absolute Gasteiger partial charge is 0.337 e. The van der Waals surface area contributed by atoms with Crippen LogP contribution >= 0.6 is 0 Å². The number of amides is 3. The van der Waals surface area contributed by atoms with Crippen LogP contribution in [-0.2, 0) is 14.3 Å². The number of hydrogen-bond acceptors (Lipinski definition) is 7. The van der Waals surface area contributed by atoms with Crippen molar-refractivity contribution in [2.45, 2.75) is 18.4 Å². The summed E-state index contributed by atoms with van der Waals surface area (Å²) in [6.07, 6.45) is 0.938. The maximum absolute atomic E-state index is 13.0. The maximum Gasteiger partial charge on any atom is 0.337 e. The molecule has 2 aliphatic rings. The van der Waals surface area contributed by atoms with Crippen molar-refractivity contribution in [3.63, 3.8) is 0 Å². The summed E-state index contributed by atoms with van der Waals surface area (Å²) >= 11 is 0. The van der Waals surface area contributed by atoms with Gasteiger partial charge in [0.05, 0.1) is 32.0 Å². The van der Waals surface area contributed by atoms with E-state index in [-0.39, 0.29) is 22.7 Å². The lowest BCUT2D eigenvalue weighted by Crippen LogP contribution is -2.57.